The average Bonchev–Trinajstić information content (AvgIpc) is 3.20. The van der Waals surface area contributed by atoms with Gasteiger partial charge in [0.2, 0.25) is 5.88 Å². The Hall–Kier alpha value is -3.25. The Bertz CT molecular complexity index is 1910. The Morgan fingerprint density at radius 1 is 0.707 bits per heavy atom. The molecule has 0 unspecified atom stereocenters. The molecule has 1 aliphatic rings. The van der Waals surface area contributed by atoms with E-state index in [2.05, 4.69) is 12.2 Å². The number of hydrogen-bond acceptors (Lipinski definition) is 10. The third-order valence-electron chi connectivity index (χ3n) is 9.31. The van der Waals surface area contributed by atoms with Crippen molar-refractivity contribution in [3.05, 3.63) is 99.5 Å². The fourth-order valence-corrected chi connectivity index (χ4v) is 7.65. The van der Waals surface area contributed by atoms with Gasteiger partial charge < -0.3 is 33.7 Å². The van der Waals surface area contributed by atoms with Crippen molar-refractivity contribution < 1.29 is 50.0 Å². The Labute approximate surface area is 348 Å². The molecular weight excluding hydrogens is 822 g/mol. The van der Waals surface area contributed by atoms with E-state index in [4.69, 9.17) is 56.6 Å². The maximum absolute atomic E-state index is 13.3. The number of hydrogen-bond donors (Lipinski definition) is 1. The summed E-state index contributed by atoms with van der Waals surface area (Å²) in [5.41, 5.74) is -1.15. The second kappa shape index (κ2) is 22.9. The van der Waals surface area contributed by atoms with Gasteiger partial charge in [0.1, 0.15) is 6.61 Å². The van der Waals surface area contributed by atoms with Crippen molar-refractivity contribution in [2.24, 2.45) is 0 Å². The molecule has 0 bridgehead atoms. The number of benzene rings is 3. The van der Waals surface area contributed by atoms with Crippen LogP contribution in [0, 0.1) is 0 Å². The van der Waals surface area contributed by atoms with Crippen LogP contribution in [0.2, 0.25) is 10.0 Å². The van der Waals surface area contributed by atoms with Gasteiger partial charge in [0.15, 0.2) is 0 Å². The minimum absolute atomic E-state index is 0.165. The fraction of sp³-hybridized carbons (Fsp3) is 0.488. The molecule has 0 radical (unpaired) electrons. The molecule has 1 aromatic heterocycles. The lowest BCUT2D eigenvalue weighted by Gasteiger charge is -2.32. The second-order valence-corrected chi connectivity index (χ2v) is 16.3. The van der Waals surface area contributed by atoms with Crippen molar-refractivity contribution in [2.75, 3.05) is 91.1 Å². The largest absolute Gasteiger partial charge is 0.511 e. The Morgan fingerprint density at radius 2 is 1.17 bits per heavy atom. The average molecular weight is 873 g/mol. The van der Waals surface area contributed by atoms with Gasteiger partial charge in [-0.3, -0.25) is 0 Å². The molecule has 5 rings (SSSR count). The number of piperidine rings is 1. The zero-order chi connectivity index (χ0) is 41.4. The highest BCUT2D eigenvalue weighted by atomic mass is 35.5. The minimum Gasteiger partial charge on any atom is -0.475 e. The van der Waals surface area contributed by atoms with Crippen LogP contribution in [-0.4, -0.2) is 115 Å². The van der Waals surface area contributed by atoms with Gasteiger partial charge in [0, 0.05) is 58.8 Å². The van der Waals surface area contributed by atoms with Crippen molar-refractivity contribution >= 4 is 49.8 Å². The molecule has 3 aromatic carbocycles. The Kier molecular flexibility index (Phi) is 18.1. The number of anilines is 1. The molecule has 1 fully saturated rings. The first-order valence-corrected chi connectivity index (χ1v) is 21.5. The van der Waals surface area contributed by atoms with Crippen LogP contribution >= 0.6 is 23.2 Å². The van der Waals surface area contributed by atoms with Crippen LogP contribution in [0.1, 0.15) is 48.8 Å². The van der Waals surface area contributed by atoms with Crippen LogP contribution in [0.25, 0.3) is 10.9 Å². The maximum atomic E-state index is 13.3. The van der Waals surface area contributed by atoms with Gasteiger partial charge in [-0.05, 0) is 72.4 Å². The lowest BCUT2D eigenvalue weighted by Crippen LogP contribution is -2.47. The number of rotatable bonds is 24. The number of ether oxygens (including phenoxy) is 6. The summed E-state index contributed by atoms with van der Waals surface area (Å²) in [5.74, 6) is 0.119. The zero-order valence-corrected chi connectivity index (χ0v) is 34.7. The smallest absolute Gasteiger partial charge is 0.475 e. The standard InChI is InChI=1S/C41H50Cl2F3N3O8S/c1-2-17-52-18-19-53-20-21-54-22-23-55-24-25-56-26-27-57-39-29-38(47-35-13-15-49(16-14-35)58(50,51)41(44,45)46)36-28-32(7-12-37(36)48-39)40(30-3-8-33(42)9-4-30)31-5-10-34(43)11-6-31/h3-12,28-29,35,40H,2,13-27H2,1H3,(H,47,48). The highest BCUT2D eigenvalue weighted by Gasteiger charge is 2.50. The van der Waals surface area contributed by atoms with Crippen LogP contribution in [0.3, 0.4) is 0 Å². The van der Waals surface area contributed by atoms with E-state index in [1.165, 1.54) is 0 Å². The van der Waals surface area contributed by atoms with Crippen molar-refractivity contribution in [3.63, 3.8) is 0 Å². The number of aromatic nitrogens is 1. The van der Waals surface area contributed by atoms with Gasteiger partial charge in [-0.15, -0.1) is 0 Å². The fourth-order valence-electron chi connectivity index (χ4n) is 6.42. The molecule has 318 valence electrons. The van der Waals surface area contributed by atoms with Gasteiger partial charge in [0.25, 0.3) is 0 Å². The van der Waals surface area contributed by atoms with Crippen molar-refractivity contribution in [3.8, 4) is 5.88 Å². The van der Waals surface area contributed by atoms with E-state index in [1.54, 1.807) is 6.07 Å². The predicted molar refractivity (Wildman–Crippen MR) is 219 cm³/mol. The number of fused-ring (bicyclic) bond motifs is 1. The second-order valence-electron chi connectivity index (χ2n) is 13.5. The maximum Gasteiger partial charge on any atom is 0.511 e. The predicted octanol–water partition coefficient (Wildman–Crippen LogP) is 8.32. The Morgan fingerprint density at radius 3 is 1.66 bits per heavy atom. The van der Waals surface area contributed by atoms with Crippen LogP contribution in [0.4, 0.5) is 18.9 Å². The molecule has 4 aromatic rings. The van der Waals surface area contributed by atoms with Gasteiger partial charge in [-0.25, -0.2) is 13.4 Å². The van der Waals surface area contributed by atoms with Crippen molar-refractivity contribution in [1.29, 1.82) is 0 Å². The highest BCUT2D eigenvalue weighted by Crippen LogP contribution is 2.38. The van der Waals surface area contributed by atoms with Crippen LogP contribution < -0.4 is 10.1 Å². The molecule has 1 aliphatic heterocycles. The summed E-state index contributed by atoms with van der Waals surface area (Å²) in [6.45, 7) is 6.43. The Balaban J connectivity index is 1.22. The summed E-state index contributed by atoms with van der Waals surface area (Å²) in [6.07, 6.45) is 1.31. The molecule has 1 N–H and O–H groups in total. The highest BCUT2D eigenvalue weighted by molar-refractivity contribution is 7.90. The number of alkyl halides is 3. The number of halogens is 5. The van der Waals surface area contributed by atoms with Gasteiger partial charge >= 0.3 is 15.5 Å². The third kappa shape index (κ3) is 13.6. The molecule has 0 atom stereocenters. The first kappa shape index (κ1) is 45.8. The summed E-state index contributed by atoms with van der Waals surface area (Å²) in [6, 6.07) is 22.6. The van der Waals surface area contributed by atoms with E-state index in [1.807, 2.05) is 66.7 Å². The van der Waals surface area contributed by atoms with E-state index in [9.17, 15) is 21.6 Å². The minimum atomic E-state index is -5.41. The lowest BCUT2D eigenvalue weighted by atomic mass is 9.84. The lowest BCUT2D eigenvalue weighted by molar-refractivity contribution is -0.0494. The summed E-state index contributed by atoms with van der Waals surface area (Å²) in [7, 11) is -5.41. The molecule has 0 aliphatic carbocycles. The van der Waals surface area contributed by atoms with E-state index < -0.39 is 15.5 Å². The normalized spacial score (nSPS) is 14.4. The topological polar surface area (TPSA) is 118 Å². The zero-order valence-electron chi connectivity index (χ0n) is 32.4. The van der Waals surface area contributed by atoms with E-state index in [0.717, 1.165) is 35.1 Å². The molecule has 1 saturated heterocycles. The summed E-state index contributed by atoms with van der Waals surface area (Å²) < 4.78 is 98.0. The number of nitrogens with one attached hydrogen (secondary N) is 1. The number of nitrogens with zero attached hydrogens (tertiary/aromatic N) is 2. The summed E-state index contributed by atoms with van der Waals surface area (Å²) in [4.78, 5) is 4.76. The van der Waals surface area contributed by atoms with Crippen LogP contribution in [-0.2, 0) is 33.7 Å². The van der Waals surface area contributed by atoms with Gasteiger partial charge in [0.05, 0.1) is 65.0 Å². The summed E-state index contributed by atoms with van der Waals surface area (Å²) in [5, 5.41) is 5.44. The van der Waals surface area contributed by atoms with Gasteiger partial charge in [-0.1, -0.05) is 60.5 Å². The molecule has 0 saturated carbocycles. The van der Waals surface area contributed by atoms with Crippen LogP contribution in [0.15, 0.2) is 72.8 Å². The molecule has 2 heterocycles. The molecule has 0 spiro atoms. The molecule has 11 nitrogen and oxygen atoms in total. The third-order valence-corrected chi connectivity index (χ3v) is 11.4. The van der Waals surface area contributed by atoms with Crippen LogP contribution in [0.5, 0.6) is 5.88 Å². The van der Waals surface area contributed by atoms with E-state index >= 15 is 0 Å². The quantitative estimate of drug-likeness (QED) is 0.0545. The summed E-state index contributed by atoms with van der Waals surface area (Å²) >= 11 is 12.5. The van der Waals surface area contributed by atoms with E-state index in [-0.39, 0.29) is 51.1 Å². The first-order chi connectivity index (χ1) is 28.0. The van der Waals surface area contributed by atoms with Crippen molar-refractivity contribution in [2.45, 2.75) is 43.7 Å². The van der Waals surface area contributed by atoms with Gasteiger partial charge in [-0.2, -0.15) is 17.5 Å². The SMILES string of the molecule is CCCOCCOCCOCCOCCOCCOc1cc(NC2CCN(S(=O)(=O)C(F)(F)F)CC2)c2cc(C(c3ccc(Cl)cc3)c3ccc(Cl)cc3)ccc2n1. The monoisotopic (exact) mass is 871 g/mol. The molecule has 0 amide bonds. The molecule has 17 heteroatoms. The first-order valence-electron chi connectivity index (χ1n) is 19.3. The van der Waals surface area contributed by atoms with E-state index in [0.29, 0.717) is 84.3 Å². The number of sulfonamides is 1. The number of pyridine rings is 1. The molecule has 58 heavy (non-hydrogen) atoms. The van der Waals surface area contributed by atoms with Crippen molar-refractivity contribution in [1.82, 2.24) is 9.29 Å². The molecular formula is C41H50Cl2F3N3O8S.